The Labute approximate surface area is 141 Å². The molecule has 0 aliphatic heterocycles. The number of rotatable bonds is 5. The van der Waals surface area contributed by atoms with E-state index in [1.807, 2.05) is 6.07 Å². The smallest absolute Gasteiger partial charge is 0.206 e. The minimum atomic E-state index is -3.49. The topological polar surface area (TPSA) is 34.1 Å². The summed E-state index contributed by atoms with van der Waals surface area (Å²) in [4.78, 5) is 0.549. The first-order valence-corrected chi connectivity index (χ1v) is 9.18. The van der Waals surface area contributed by atoms with Crippen molar-refractivity contribution in [1.29, 1.82) is 0 Å². The van der Waals surface area contributed by atoms with Crippen LogP contribution in [0.4, 0.5) is 4.39 Å². The molecule has 0 radical (unpaired) electrons. The zero-order chi connectivity index (χ0) is 17.0. The van der Waals surface area contributed by atoms with Crippen molar-refractivity contribution in [2.75, 3.05) is 0 Å². The van der Waals surface area contributed by atoms with E-state index in [0.717, 1.165) is 5.56 Å². The Hall–Kier alpha value is -2.46. The molecule has 0 saturated heterocycles. The summed E-state index contributed by atoms with van der Waals surface area (Å²) in [6, 6.07) is 21.9. The van der Waals surface area contributed by atoms with E-state index in [0.29, 0.717) is 18.4 Å². The molecule has 0 saturated carbocycles. The van der Waals surface area contributed by atoms with Crippen LogP contribution in [-0.2, 0) is 22.7 Å². The Morgan fingerprint density at radius 1 is 0.667 bits per heavy atom. The lowest BCUT2D eigenvalue weighted by atomic mass is 10.0. The van der Waals surface area contributed by atoms with Gasteiger partial charge < -0.3 is 0 Å². The number of hydrogen-bond donors (Lipinski definition) is 0. The number of benzene rings is 3. The van der Waals surface area contributed by atoms with Crippen molar-refractivity contribution in [3.63, 3.8) is 0 Å². The highest BCUT2D eigenvalue weighted by Crippen LogP contribution is 2.21. The van der Waals surface area contributed by atoms with Crippen LogP contribution in [-0.4, -0.2) is 8.42 Å². The van der Waals surface area contributed by atoms with Crippen LogP contribution in [0.3, 0.4) is 0 Å². The lowest BCUT2D eigenvalue weighted by molar-refractivity contribution is 0.596. The van der Waals surface area contributed by atoms with Crippen molar-refractivity contribution in [2.45, 2.75) is 22.6 Å². The second kappa shape index (κ2) is 6.97. The van der Waals surface area contributed by atoms with E-state index >= 15 is 0 Å². The highest BCUT2D eigenvalue weighted by atomic mass is 32.2. The minimum absolute atomic E-state index is 0.208. The molecule has 0 aliphatic carbocycles. The van der Waals surface area contributed by atoms with Gasteiger partial charge in [-0.3, -0.25) is 0 Å². The van der Waals surface area contributed by atoms with Gasteiger partial charge in [-0.15, -0.1) is 0 Å². The molecule has 2 nitrogen and oxygen atoms in total. The first-order valence-electron chi connectivity index (χ1n) is 7.70. The second-order valence-electron chi connectivity index (χ2n) is 5.55. The molecule has 24 heavy (non-hydrogen) atoms. The summed E-state index contributed by atoms with van der Waals surface area (Å²) >= 11 is 0. The zero-order valence-electron chi connectivity index (χ0n) is 13.0. The van der Waals surface area contributed by atoms with Crippen LogP contribution in [0, 0.1) is 5.82 Å². The summed E-state index contributed by atoms with van der Waals surface area (Å²) in [5, 5.41) is 0. The van der Waals surface area contributed by atoms with E-state index in [4.69, 9.17) is 0 Å². The van der Waals surface area contributed by atoms with Gasteiger partial charge in [-0.1, -0.05) is 48.5 Å². The fourth-order valence-electron chi connectivity index (χ4n) is 2.55. The molecular weight excluding hydrogens is 323 g/mol. The summed E-state index contributed by atoms with van der Waals surface area (Å²) in [5.74, 6) is -0.208. The molecule has 0 aromatic heterocycles. The average Bonchev–Trinajstić information content (AvgIpc) is 2.62. The molecule has 3 rings (SSSR count). The maximum atomic E-state index is 13.6. The molecule has 0 atom stereocenters. The Bertz CT molecular complexity index is 917. The lowest BCUT2D eigenvalue weighted by Gasteiger charge is -2.07. The van der Waals surface area contributed by atoms with Crippen molar-refractivity contribution in [3.8, 4) is 0 Å². The Balaban J connectivity index is 1.75. The van der Waals surface area contributed by atoms with Crippen LogP contribution >= 0.6 is 0 Å². The third kappa shape index (κ3) is 3.54. The summed E-state index contributed by atoms with van der Waals surface area (Å²) < 4.78 is 38.7. The quantitative estimate of drug-likeness (QED) is 0.688. The van der Waals surface area contributed by atoms with Crippen LogP contribution < -0.4 is 0 Å². The number of hydrogen-bond acceptors (Lipinski definition) is 2. The van der Waals surface area contributed by atoms with E-state index in [1.54, 1.807) is 66.7 Å². The summed E-state index contributed by atoms with van der Waals surface area (Å²) in [7, 11) is -3.49. The van der Waals surface area contributed by atoms with E-state index in [-0.39, 0.29) is 15.6 Å². The third-order valence-electron chi connectivity index (χ3n) is 3.93. The average molecular weight is 340 g/mol. The van der Waals surface area contributed by atoms with E-state index < -0.39 is 9.84 Å². The largest absolute Gasteiger partial charge is 0.219 e. The van der Waals surface area contributed by atoms with Gasteiger partial charge in [0.25, 0.3) is 0 Å². The SMILES string of the molecule is O=S(=O)(c1ccccc1)c1ccc(CCc2ccccc2F)cc1. The second-order valence-corrected chi connectivity index (χ2v) is 7.50. The molecule has 0 fully saturated rings. The standard InChI is InChI=1S/C20H17FO2S/c21-20-9-5-4-6-17(20)13-10-16-11-14-19(15-12-16)24(22,23)18-7-2-1-3-8-18/h1-9,11-12,14-15H,10,13H2. The maximum Gasteiger partial charge on any atom is 0.206 e. The Morgan fingerprint density at radius 3 is 1.92 bits per heavy atom. The molecule has 0 unspecified atom stereocenters. The van der Waals surface area contributed by atoms with Crippen LogP contribution in [0.15, 0.2) is 88.7 Å². The summed E-state index contributed by atoms with van der Waals surface area (Å²) in [5.41, 5.74) is 1.64. The molecule has 0 spiro atoms. The van der Waals surface area contributed by atoms with Gasteiger partial charge in [0, 0.05) is 0 Å². The highest BCUT2D eigenvalue weighted by Gasteiger charge is 2.16. The zero-order valence-corrected chi connectivity index (χ0v) is 13.8. The Kier molecular flexibility index (Phi) is 4.76. The molecule has 0 amide bonds. The normalized spacial score (nSPS) is 11.4. The lowest BCUT2D eigenvalue weighted by Crippen LogP contribution is -2.02. The molecule has 4 heteroatoms. The summed E-state index contributed by atoms with van der Waals surface area (Å²) in [6.45, 7) is 0. The monoisotopic (exact) mass is 340 g/mol. The van der Waals surface area contributed by atoms with Gasteiger partial charge in [-0.2, -0.15) is 0 Å². The van der Waals surface area contributed by atoms with Crippen molar-refractivity contribution >= 4 is 9.84 Å². The molecule has 0 N–H and O–H groups in total. The predicted molar refractivity (Wildman–Crippen MR) is 92.1 cm³/mol. The summed E-state index contributed by atoms with van der Waals surface area (Å²) in [6.07, 6.45) is 1.24. The van der Waals surface area contributed by atoms with Crippen molar-refractivity contribution in [3.05, 3.63) is 95.8 Å². The molecule has 3 aromatic rings. The van der Waals surface area contributed by atoms with E-state index in [9.17, 15) is 12.8 Å². The van der Waals surface area contributed by atoms with Gasteiger partial charge in [0.2, 0.25) is 9.84 Å². The first-order chi connectivity index (χ1) is 11.6. The van der Waals surface area contributed by atoms with Gasteiger partial charge in [-0.05, 0) is 54.3 Å². The highest BCUT2D eigenvalue weighted by molar-refractivity contribution is 7.91. The maximum absolute atomic E-state index is 13.6. The van der Waals surface area contributed by atoms with E-state index in [1.165, 1.54) is 6.07 Å². The molecule has 0 aliphatic rings. The fraction of sp³-hybridized carbons (Fsp3) is 0.100. The van der Waals surface area contributed by atoms with Gasteiger partial charge in [-0.25, -0.2) is 12.8 Å². The molecule has 0 bridgehead atoms. The van der Waals surface area contributed by atoms with Crippen molar-refractivity contribution in [1.82, 2.24) is 0 Å². The van der Waals surface area contributed by atoms with Crippen LogP contribution in [0.2, 0.25) is 0 Å². The van der Waals surface area contributed by atoms with Gasteiger partial charge >= 0.3 is 0 Å². The van der Waals surface area contributed by atoms with Gasteiger partial charge in [0.1, 0.15) is 5.82 Å². The first kappa shape index (κ1) is 16.4. The van der Waals surface area contributed by atoms with E-state index in [2.05, 4.69) is 0 Å². The number of halogens is 1. The van der Waals surface area contributed by atoms with Crippen LogP contribution in [0.5, 0.6) is 0 Å². The fourth-order valence-corrected chi connectivity index (χ4v) is 3.83. The van der Waals surface area contributed by atoms with Gasteiger partial charge in [0.05, 0.1) is 9.79 Å². The predicted octanol–water partition coefficient (Wildman–Crippen LogP) is 4.44. The third-order valence-corrected chi connectivity index (χ3v) is 5.71. The van der Waals surface area contributed by atoms with Crippen molar-refractivity contribution < 1.29 is 12.8 Å². The van der Waals surface area contributed by atoms with Crippen molar-refractivity contribution in [2.24, 2.45) is 0 Å². The molecule has 122 valence electrons. The number of sulfone groups is 1. The van der Waals surface area contributed by atoms with Crippen LogP contribution in [0.25, 0.3) is 0 Å². The molecule has 3 aromatic carbocycles. The Morgan fingerprint density at radius 2 is 1.25 bits per heavy atom. The molecular formula is C20H17FO2S. The van der Waals surface area contributed by atoms with Crippen LogP contribution in [0.1, 0.15) is 11.1 Å². The molecule has 0 heterocycles. The van der Waals surface area contributed by atoms with Gasteiger partial charge in [0.15, 0.2) is 0 Å². The number of aryl methyl sites for hydroxylation is 2. The minimum Gasteiger partial charge on any atom is -0.219 e.